The molecule has 12 heavy (non-hydrogen) atoms. The molecule has 0 spiro atoms. The van der Waals surface area contributed by atoms with Crippen molar-refractivity contribution < 1.29 is 14.6 Å². The molecule has 2 atom stereocenters. The minimum absolute atomic E-state index is 0.0116. The Morgan fingerprint density at radius 1 is 1.67 bits per heavy atom. The maximum atomic E-state index is 10.4. The molecule has 0 amide bonds. The number of carbonyl (C=O) groups is 1. The van der Waals surface area contributed by atoms with E-state index in [0.717, 1.165) is 0 Å². The molecule has 0 heterocycles. The summed E-state index contributed by atoms with van der Waals surface area (Å²) in [6.45, 7) is 2.55. The van der Waals surface area contributed by atoms with E-state index in [4.69, 9.17) is 9.84 Å². The third kappa shape index (κ3) is 4.31. The van der Waals surface area contributed by atoms with Crippen molar-refractivity contribution in [3.05, 3.63) is 0 Å². The van der Waals surface area contributed by atoms with Crippen LogP contribution in [0.2, 0.25) is 0 Å². The Bertz CT molecular complexity index is 138. The van der Waals surface area contributed by atoms with Gasteiger partial charge in [0.2, 0.25) is 0 Å². The number of nitrogens with one attached hydrogen (secondary N) is 1. The monoisotopic (exact) mass is 175 g/mol. The van der Waals surface area contributed by atoms with Crippen molar-refractivity contribution in [1.82, 2.24) is 5.32 Å². The van der Waals surface area contributed by atoms with E-state index in [1.807, 2.05) is 6.92 Å². The highest BCUT2D eigenvalue weighted by molar-refractivity contribution is 5.67. The first kappa shape index (κ1) is 11.4. The SMILES string of the molecule is CNC(CC(=O)O)C(C)COC. The summed E-state index contributed by atoms with van der Waals surface area (Å²) in [5.41, 5.74) is 0. The first-order valence-corrected chi connectivity index (χ1v) is 3.99. The van der Waals surface area contributed by atoms with Gasteiger partial charge in [0, 0.05) is 13.2 Å². The van der Waals surface area contributed by atoms with Gasteiger partial charge in [-0.1, -0.05) is 6.92 Å². The molecule has 4 nitrogen and oxygen atoms in total. The molecule has 0 aromatic heterocycles. The maximum Gasteiger partial charge on any atom is 0.304 e. The van der Waals surface area contributed by atoms with Gasteiger partial charge >= 0.3 is 5.97 Å². The average Bonchev–Trinajstić information content (AvgIpc) is 2.00. The molecule has 0 saturated heterocycles. The minimum Gasteiger partial charge on any atom is -0.481 e. The standard InChI is InChI=1S/C8H17NO3/c1-6(5-12-3)7(9-2)4-8(10)11/h6-7,9H,4-5H2,1-3H3,(H,10,11). The molecule has 0 aliphatic rings. The molecular weight excluding hydrogens is 158 g/mol. The largest absolute Gasteiger partial charge is 0.481 e. The number of carboxylic acid groups (broad SMARTS) is 1. The second-order valence-corrected chi connectivity index (χ2v) is 2.93. The fourth-order valence-corrected chi connectivity index (χ4v) is 1.15. The Morgan fingerprint density at radius 3 is 2.58 bits per heavy atom. The highest BCUT2D eigenvalue weighted by atomic mass is 16.5. The van der Waals surface area contributed by atoms with Crippen LogP contribution in [0.3, 0.4) is 0 Å². The first-order chi connectivity index (χ1) is 5.61. The molecule has 0 rings (SSSR count). The normalized spacial score (nSPS) is 15.6. The smallest absolute Gasteiger partial charge is 0.304 e. The molecular formula is C8H17NO3. The zero-order valence-corrected chi connectivity index (χ0v) is 7.83. The summed E-state index contributed by atoms with van der Waals surface area (Å²) >= 11 is 0. The molecule has 0 aromatic carbocycles. The van der Waals surface area contributed by atoms with E-state index in [1.165, 1.54) is 0 Å². The van der Waals surface area contributed by atoms with Crippen LogP contribution in [0.25, 0.3) is 0 Å². The first-order valence-electron chi connectivity index (χ1n) is 3.99. The fraction of sp³-hybridized carbons (Fsp3) is 0.875. The van der Waals surface area contributed by atoms with Crippen molar-refractivity contribution >= 4 is 5.97 Å². The highest BCUT2D eigenvalue weighted by Gasteiger charge is 2.17. The Kier molecular flexibility index (Phi) is 5.66. The molecule has 0 bridgehead atoms. The Labute approximate surface area is 72.9 Å². The third-order valence-electron chi connectivity index (χ3n) is 1.88. The van der Waals surface area contributed by atoms with Gasteiger partial charge in [0.05, 0.1) is 13.0 Å². The summed E-state index contributed by atoms with van der Waals surface area (Å²) in [6.07, 6.45) is 0.140. The number of hydrogen-bond acceptors (Lipinski definition) is 3. The Balaban J connectivity index is 3.86. The number of methoxy groups -OCH3 is 1. The maximum absolute atomic E-state index is 10.4. The lowest BCUT2D eigenvalue weighted by Gasteiger charge is -2.20. The number of hydrogen-bond donors (Lipinski definition) is 2. The van der Waals surface area contributed by atoms with E-state index in [0.29, 0.717) is 6.61 Å². The molecule has 0 radical (unpaired) electrons. The van der Waals surface area contributed by atoms with Gasteiger partial charge in [0.25, 0.3) is 0 Å². The number of carboxylic acids is 1. The number of ether oxygens (including phenoxy) is 1. The lowest BCUT2D eigenvalue weighted by molar-refractivity contribution is -0.138. The van der Waals surface area contributed by atoms with Crippen LogP contribution in [0.1, 0.15) is 13.3 Å². The summed E-state index contributed by atoms with van der Waals surface area (Å²) in [5, 5.41) is 11.5. The predicted molar refractivity (Wildman–Crippen MR) is 46.1 cm³/mol. The van der Waals surface area contributed by atoms with E-state index in [9.17, 15) is 4.79 Å². The van der Waals surface area contributed by atoms with Gasteiger partial charge in [-0.25, -0.2) is 0 Å². The third-order valence-corrected chi connectivity index (χ3v) is 1.88. The molecule has 2 N–H and O–H groups in total. The van der Waals surface area contributed by atoms with Crippen molar-refractivity contribution in [2.24, 2.45) is 5.92 Å². The zero-order chi connectivity index (χ0) is 9.56. The van der Waals surface area contributed by atoms with Crippen LogP contribution in [0.5, 0.6) is 0 Å². The fourth-order valence-electron chi connectivity index (χ4n) is 1.15. The summed E-state index contributed by atoms with van der Waals surface area (Å²) < 4.78 is 4.94. The second-order valence-electron chi connectivity index (χ2n) is 2.93. The lowest BCUT2D eigenvalue weighted by Crippen LogP contribution is -2.36. The second kappa shape index (κ2) is 5.97. The van der Waals surface area contributed by atoms with Crippen molar-refractivity contribution in [2.45, 2.75) is 19.4 Å². The van der Waals surface area contributed by atoms with Crippen molar-refractivity contribution in [3.8, 4) is 0 Å². The Morgan fingerprint density at radius 2 is 2.25 bits per heavy atom. The molecule has 2 unspecified atom stereocenters. The Hall–Kier alpha value is -0.610. The van der Waals surface area contributed by atoms with Crippen LogP contribution in [-0.2, 0) is 9.53 Å². The van der Waals surface area contributed by atoms with Crippen LogP contribution in [0.15, 0.2) is 0 Å². The molecule has 0 saturated carbocycles. The molecule has 0 aliphatic carbocycles. The van der Waals surface area contributed by atoms with Gasteiger partial charge in [-0.15, -0.1) is 0 Å². The van der Waals surface area contributed by atoms with Crippen LogP contribution < -0.4 is 5.32 Å². The quantitative estimate of drug-likeness (QED) is 0.611. The molecule has 0 aromatic rings. The lowest BCUT2D eigenvalue weighted by atomic mass is 10.0. The topological polar surface area (TPSA) is 58.6 Å². The van der Waals surface area contributed by atoms with E-state index >= 15 is 0 Å². The molecule has 0 fully saturated rings. The minimum atomic E-state index is -0.780. The van der Waals surface area contributed by atoms with Crippen molar-refractivity contribution in [2.75, 3.05) is 20.8 Å². The number of aliphatic carboxylic acids is 1. The van der Waals surface area contributed by atoms with Crippen molar-refractivity contribution in [1.29, 1.82) is 0 Å². The summed E-state index contributed by atoms with van der Waals surface area (Å²) in [7, 11) is 3.38. The summed E-state index contributed by atoms with van der Waals surface area (Å²) in [4.78, 5) is 10.4. The molecule has 0 aliphatic heterocycles. The molecule has 72 valence electrons. The molecule has 4 heteroatoms. The van der Waals surface area contributed by atoms with Gasteiger partial charge < -0.3 is 15.2 Å². The zero-order valence-electron chi connectivity index (χ0n) is 7.83. The van der Waals surface area contributed by atoms with Gasteiger partial charge in [-0.05, 0) is 13.0 Å². The van der Waals surface area contributed by atoms with Gasteiger partial charge in [0.15, 0.2) is 0 Å². The number of rotatable bonds is 6. The van der Waals surface area contributed by atoms with Gasteiger partial charge in [-0.2, -0.15) is 0 Å². The van der Waals surface area contributed by atoms with Crippen LogP contribution in [-0.4, -0.2) is 37.9 Å². The van der Waals surface area contributed by atoms with Crippen LogP contribution in [0.4, 0.5) is 0 Å². The predicted octanol–water partition coefficient (Wildman–Crippen LogP) is 0.332. The van der Waals surface area contributed by atoms with Gasteiger partial charge in [0.1, 0.15) is 0 Å². The van der Waals surface area contributed by atoms with Gasteiger partial charge in [-0.3, -0.25) is 4.79 Å². The van der Waals surface area contributed by atoms with E-state index < -0.39 is 5.97 Å². The van der Waals surface area contributed by atoms with Crippen LogP contribution in [0, 0.1) is 5.92 Å². The average molecular weight is 175 g/mol. The van der Waals surface area contributed by atoms with E-state index in [-0.39, 0.29) is 18.4 Å². The van der Waals surface area contributed by atoms with E-state index in [2.05, 4.69) is 5.32 Å². The van der Waals surface area contributed by atoms with Crippen LogP contribution >= 0.6 is 0 Å². The van der Waals surface area contributed by atoms with Crippen molar-refractivity contribution in [3.63, 3.8) is 0 Å². The van der Waals surface area contributed by atoms with E-state index in [1.54, 1.807) is 14.2 Å². The summed E-state index contributed by atoms with van der Waals surface area (Å²) in [6, 6.07) is -0.0116. The summed E-state index contributed by atoms with van der Waals surface area (Å²) in [5.74, 6) is -0.562. The highest BCUT2D eigenvalue weighted by Crippen LogP contribution is 2.06.